The fraction of sp³-hybridized carbons (Fsp3) is 0.922. The highest BCUT2D eigenvalue weighted by molar-refractivity contribution is 5.76. The van der Waals surface area contributed by atoms with Gasteiger partial charge in [0, 0.05) is 12.8 Å². The summed E-state index contributed by atoms with van der Waals surface area (Å²) in [6, 6.07) is -0.539. The second kappa shape index (κ2) is 72.8. The molecule has 2 atom stereocenters. The molecule has 0 aliphatic carbocycles. The molecule has 0 aromatic heterocycles. The van der Waals surface area contributed by atoms with Crippen molar-refractivity contribution in [2.75, 3.05) is 13.2 Å². The Morgan fingerprint density at radius 2 is 0.602 bits per heavy atom. The largest absolute Gasteiger partial charge is 0.466 e. The maximum atomic E-state index is 12.5. The Morgan fingerprint density at radius 1 is 0.337 bits per heavy atom. The molecule has 0 aliphatic heterocycles. The zero-order chi connectivity index (χ0) is 59.9. The van der Waals surface area contributed by atoms with Crippen molar-refractivity contribution in [3.63, 3.8) is 0 Å². The Kier molecular flexibility index (Phi) is 71.4. The molecular formula is C77H149NO5. The maximum absolute atomic E-state index is 12.5. The van der Waals surface area contributed by atoms with Crippen LogP contribution in [0.25, 0.3) is 0 Å². The van der Waals surface area contributed by atoms with Gasteiger partial charge in [-0.15, -0.1) is 0 Å². The van der Waals surface area contributed by atoms with Crippen LogP contribution in [0.4, 0.5) is 0 Å². The van der Waals surface area contributed by atoms with Gasteiger partial charge in [-0.05, 0) is 57.8 Å². The third kappa shape index (κ3) is 69.3. The highest BCUT2D eigenvalue weighted by Gasteiger charge is 2.20. The smallest absolute Gasteiger partial charge is 0.305 e. The number of amides is 1. The first-order valence-electron chi connectivity index (χ1n) is 38.1. The van der Waals surface area contributed by atoms with Gasteiger partial charge in [-0.1, -0.05) is 385 Å². The molecule has 0 aromatic rings. The first-order valence-corrected chi connectivity index (χ1v) is 38.1. The summed E-state index contributed by atoms with van der Waals surface area (Å²) in [5, 5.41) is 23.4. The number of carbonyl (C=O) groups is 2. The molecule has 6 nitrogen and oxygen atoms in total. The van der Waals surface area contributed by atoms with E-state index >= 15 is 0 Å². The van der Waals surface area contributed by atoms with Gasteiger partial charge in [0.2, 0.25) is 5.91 Å². The SMILES string of the molecule is CCCCCC/C=C\C/C=C\CCCCCCCCCC(=O)OCCCCCCCCCCCCCCCCCCCCCCCCCCCCCCCC(=O)NC(CO)C(O)CCCCCCCCCCCCCCCCCCCCC. The van der Waals surface area contributed by atoms with E-state index in [4.69, 9.17) is 4.74 Å². The lowest BCUT2D eigenvalue weighted by Crippen LogP contribution is -2.45. The number of hydrogen-bond acceptors (Lipinski definition) is 5. The van der Waals surface area contributed by atoms with Gasteiger partial charge >= 0.3 is 5.97 Å². The number of unbranched alkanes of at least 4 members (excludes halogenated alkanes) is 57. The first-order chi connectivity index (χ1) is 41.0. The number of hydrogen-bond donors (Lipinski definition) is 3. The standard InChI is InChI=1S/C77H149NO5/c1-3-5-7-9-11-13-15-17-19-21-34-37-41-45-49-53-57-61-65-69-75(80)74(73-79)78-76(81)70-66-62-58-54-50-46-42-38-35-32-30-28-26-24-23-25-27-29-31-33-36-40-44-48-52-56-60-64-68-72-83-77(82)71-67-63-59-55-51-47-43-39-22-20-18-16-14-12-10-8-6-4-2/h14,16,20,22,74-75,79-80H,3-13,15,17-19,21,23-73H2,1-2H3,(H,78,81)/b16-14-,22-20-. The van der Waals surface area contributed by atoms with Gasteiger partial charge in [0.05, 0.1) is 25.4 Å². The Hall–Kier alpha value is -1.66. The fourth-order valence-corrected chi connectivity index (χ4v) is 12.2. The third-order valence-corrected chi connectivity index (χ3v) is 18.0. The van der Waals surface area contributed by atoms with E-state index in [1.54, 1.807) is 0 Å². The summed E-state index contributed by atoms with van der Waals surface area (Å²) in [7, 11) is 0. The Balaban J connectivity index is 3.33. The van der Waals surface area contributed by atoms with E-state index in [-0.39, 0.29) is 18.5 Å². The Labute approximate surface area is 520 Å². The van der Waals surface area contributed by atoms with E-state index in [2.05, 4.69) is 43.5 Å². The molecule has 0 heterocycles. The summed E-state index contributed by atoms with van der Waals surface area (Å²) >= 11 is 0. The average molecular weight is 1170 g/mol. The number of aliphatic hydroxyl groups is 2. The summed E-state index contributed by atoms with van der Waals surface area (Å²) in [4.78, 5) is 24.7. The zero-order valence-corrected chi connectivity index (χ0v) is 56.5. The topological polar surface area (TPSA) is 95.9 Å². The van der Waals surface area contributed by atoms with Crippen molar-refractivity contribution in [3.8, 4) is 0 Å². The van der Waals surface area contributed by atoms with Gasteiger partial charge in [-0.3, -0.25) is 9.59 Å². The van der Waals surface area contributed by atoms with Crippen molar-refractivity contribution >= 4 is 11.9 Å². The minimum Gasteiger partial charge on any atom is -0.466 e. The summed E-state index contributed by atoms with van der Waals surface area (Å²) in [5.74, 6) is -0.0137. The highest BCUT2D eigenvalue weighted by atomic mass is 16.5. The Bertz CT molecular complexity index is 1300. The molecule has 492 valence electrons. The number of aliphatic hydroxyl groups excluding tert-OH is 2. The molecule has 0 radical (unpaired) electrons. The molecule has 6 heteroatoms. The van der Waals surface area contributed by atoms with Crippen LogP contribution in [0.15, 0.2) is 24.3 Å². The average Bonchev–Trinajstić information content (AvgIpc) is 3.49. The lowest BCUT2D eigenvalue weighted by molar-refractivity contribution is -0.143. The maximum Gasteiger partial charge on any atom is 0.305 e. The van der Waals surface area contributed by atoms with Crippen LogP contribution in [-0.2, 0) is 14.3 Å². The van der Waals surface area contributed by atoms with Gasteiger partial charge < -0.3 is 20.3 Å². The van der Waals surface area contributed by atoms with Gasteiger partial charge in [0.25, 0.3) is 0 Å². The summed E-state index contributed by atoms with van der Waals surface area (Å²) in [6.45, 7) is 4.98. The van der Waals surface area contributed by atoms with Crippen molar-refractivity contribution in [2.24, 2.45) is 0 Å². The molecule has 2 unspecified atom stereocenters. The predicted octanol–water partition coefficient (Wildman–Crippen LogP) is 24.9. The van der Waals surface area contributed by atoms with Crippen LogP contribution >= 0.6 is 0 Å². The number of esters is 1. The van der Waals surface area contributed by atoms with Crippen molar-refractivity contribution in [2.45, 2.75) is 443 Å². The van der Waals surface area contributed by atoms with E-state index < -0.39 is 12.1 Å². The van der Waals surface area contributed by atoms with Crippen LogP contribution in [0.2, 0.25) is 0 Å². The minimum atomic E-state index is -0.662. The summed E-state index contributed by atoms with van der Waals surface area (Å²) in [6.07, 6.45) is 92.5. The molecule has 0 spiro atoms. The first kappa shape index (κ1) is 81.3. The number of nitrogens with one attached hydrogen (secondary N) is 1. The second-order valence-electron chi connectivity index (χ2n) is 26.3. The molecule has 3 N–H and O–H groups in total. The lowest BCUT2D eigenvalue weighted by atomic mass is 10.0. The van der Waals surface area contributed by atoms with Crippen LogP contribution in [0, 0.1) is 0 Å². The van der Waals surface area contributed by atoms with Crippen molar-refractivity contribution in [3.05, 3.63) is 24.3 Å². The third-order valence-electron chi connectivity index (χ3n) is 18.0. The molecule has 0 fully saturated rings. The van der Waals surface area contributed by atoms with E-state index in [1.165, 1.54) is 347 Å². The second-order valence-corrected chi connectivity index (χ2v) is 26.3. The van der Waals surface area contributed by atoms with E-state index in [9.17, 15) is 19.8 Å². The van der Waals surface area contributed by atoms with E-state index in [0.29, 0.717) is 25.9 Å². The van der Waals surface area contributed by atoms with Crippen LogP contribution < -0.4 is 5.32 Å². The molecule has 0 aliphatic rings. The molecule has 0 saturated heterocycles. The lowest BCUT2D eigenvalue weighted by Gasteiger charge is -2.22. The zero-order valence-electron chi connectivity index (χ0n) is 56.5. The predicted molar refractivity (Wildman–Crippen MR) is 366 cm³/mol. The van der Waals surface area contributed by atoms with Crippen LogP contribution in [0.1, 0.15) is 431 Å². The Morgan fingerprint density at radius 3 is 0.928 bits per heavy atom. The van der Waals surface area contributed by atoms with Crippen molar-refractivity contribution in [1.82, 2.24) is 5.32 Å². The van der Waals surface area contributed by atoms with E-state index in [0.717, 1.165) is 51.4 Å². The molecule has 1 amide bonds. The van der Waals surface area contributed by atoms with Crippen LogP contribution in [0.5, 0.6) is 0 Å². The highest BCUT2D eigenvalue weighted by Crippen LogP contribution is 2.20. The van der Waals surface area contributed by atoms with E-state index in [1.807, 2.05) is 0 Å². The normalized spacial score (nSPS) is 12.6. The van der Waals surface area contributed by atoms with Crippen molar-refractivity contribution in [1.29, 1.82) is 0 Å². The molecular weight excluding hydrogens is 1020 g/mol. The summed E-state index contributed by atoms with van der Waals surface area (Å²) in [5.41, 5.74) is 0. The molecule has 0 bridgehead atoms. The number of ether oxygens (including phenoxy) is 1. The monoisotopic (exact) mass is 1170 g/mol. The summed E-state index contributed by atoms with van der Waals surface area (Å²) < 4.78 is 5.51. The molecule has 0 rings (SSSR count). The number of rotatable bonds is 72. The molecule has 0 aromatic carbocycles. The van der Waals surface area contributed by atoms with Gasteiger partial charge in [0.1, 0.15) is 0 Å². The molecule has 83 heavy (non-hydrogen) atoms. The van der Waals surface area contributed by atoms with Crippen LogP contribution in [-0.4, -0.2) is 47.4 Å². The number of carbonyl (C=O) groups excluding carboxylic acids is 2. The minimum absolute atomic E-state index is 0.0131. The van der Waals surface area contributed by atoms with Crippen molar-refractivity contribution < 1.29 is 24.5 Å². The quantitative estimate of drug-likeness (QED) is 0.0320. The fourth-order valence-electron chi connectivity index (χ4n) is 12.2. The van der Waals surface area contributed by atoms with Gasteiger partial charge in [-0.25, -0.2) is 0 Å². The number of allylic oxidation sites excluding steroid dienone is 4. The van der Waals surface area contributed by atoms with Gasteiger partial charge in [-0.2, -0.15) is 0 Å². The van der Waals surface area contributed by atoms with Crippen LogP contribution in [0.3, 0.4) is 0 Å². The molecule has 0 saturated carbocycles. The van der Waals surface area contributed by atoms with Gasteiger partial charge in [0.15, 0.2) is 0 Å².